The Morgan fingerprint density at radius 3 is 2.29 bits per heavy atom. The smallest absolute Gasteiger partial charge is 0.312 e. The molecule has 2 amide bonds. The SMILES string of the molecule is NC(=O)C(=O)N1Cc2cccc(c2)C1. The Kier molecular flexibility index (Phi) is 1.96. The van der Waals surface area contributed by atoms with Crippen LogP contribution < -0.4 is 5.73 Å². The molecule has 0 aliphatic carbocycles. The van der Waals surface area contributed by atoms with Crippen LogP contribution in [-0.4, -0.2) is 16.7 Å². The Bertz CT molecular complexity index is 380. The van der Waals surface area contributed by atoms with Crippen molar-refractivity contribution in [3.8, 4) is 0 Å². The van der Waals surface area contributed by atoms with Crippen molar-refractivity contribution in [3.05, 3.63) is 35.4 Å². The summed E-state index contributed by atoms with van der Waals surface area (Å²) in [6.07, 6.45) is 0. The zero-order valence-electron chi connectivity index (χ0n) is 7.56. The molecule has 4 nitrogen and oxygen atoms in total. The molecular weight excluding hydrogens is 180 g/mol. The van der Waals surface area contributed by atoms with Gasteiger partial charge in [-0.2, -0.15) is 0 Å². The quantitative estimate of drug-likeness (QED) is 0.586. The van der Waals surface area contributed by atoms with Gasteiger partial charge in [-0.25, -0.2) is 0 Å². The maximum atomic E-state index is 11.3. The number of hydrogen-bond acceptors (Lipinski definition) is 2. The Balaban J connectivity index is 2.22. The van der Waals surface area contributed by atoms with Crippen LogP contribution in [0.25, 0.3) is 0 Å². The number of rotatable bonds is 0. The number of amides is 2. The van der Waals surface area contributed by atoms with Crippen LogP contribution in [0.2, 0.25) is 0 Å². The van der Waals surface area contributed by atoms with Crippen molar-refractivity contribution in [2.24, 2.45) is 5.73 Å². The molecule has 1 aliphatic rings. The van der Waals surface area contributed by atoms with E-state index in [4.69, 9.17) is 5.73 Å². The summed E-state index contributed by atoms with van der Waals surface area (Å²) < 4.78 is 0. The van der Waals surface area contributed by atoms with E-state index in [0.29, 0.717) is 13.1 Å². The molecule has 2 N–H and O–H groups in total. The molecule has 1 heterocycles. The third-order valence-corrected chi connectivity index (χ3v) is 2.24. The number of benzene rings is 1. The van der Waals surface area contributed by atoms with Crippen molar-refractivity contribution in [1.29, 1.82) is 0 Å². The maximum absolute atomic E-state index is 11.3. The van der Waals surface area contributed by atoms with Crippen molar-refractivity contribution >= 4 is 11.8 Å². The highest BCUT2D eigenvalue weighted by molar-refractivity contribution is 6.34. The molecule has 72 valence electrons. The van der Waals surface area contributed by atoms with Crippen molar-refractivity contribution in [2.45, 2.75) is 13.1 Å². The van der Waals surface area contributed by atoms with Gasteiger partial charge in [-0.15, -0.1) is 0 Å². The van der Waals surface area contributed by atoms with E-state index in [-0.39, 0.29) is 0 Å². The third kappa shape index (κ3) is 1.46. The topological polar surface area (TPSA) is 63.4 Å². The minimum atomic E-state index is -0.893. The molecule has 0 spiro atoms. The summed E-state index contributed by atoms with van der Waals surface area (Å²) in [7, 11) is 0. The maximum Gasteiger partial charge on any atom is 0.312 e. The number of nitrogens with two attached hydrogens (primary N) is 1. The Labute approximate surface area is 81.3 Å². The molecule has 4 heteroatoms. The molecule has 0 aromatic heterocycles. The van der Waals surface area contributed by atoms with Gasteiger partial charge in [0, 0.05) is 13.1 Å². The summed E-state index contributed by atoms with van der Waals surface area (Å²) in [6.45, 7) is 0.936. The molecule has 2 bridgehead atoms. The van der Waals surface area contributed by atoms with Crippen LogP contribution >= 0.6 is 0 Å². The zero-order valence-corrected chi connectivity index (χ0v) is 7.56. The molecule has 1 aromatic rings. The third-order valence-electron chi connectivity index (χ3n) is 2.24. The van der Waals surface area contributed by atoms with Crippen LogP contribution in [0.1, 0.15) is 11.1 Å². The van der Waals surface area contributed by atoms with Gasteiger partial charge in [0.15, 0.2) is 0 Å². The molecule has 1 aromatic carbocycles. The predicted octanol–water partition coefficient (Wildman–Crippen LogP) is 0.0141. The van der Waals surface area contributed by atoms with Gasteiger partial charge in [0.1, 0.15) is 0 Å². The lowest BCUT2D eigenvalue weighted by atomic mass is 10.1. The van der Waals surface area contributed by atoms with Gasteiger partial charge in [-0.1, -0.05) is 24.3 Å². The van der Waals surface area contributed by atoms with Gasteiger partial charge in [0.25, 0.3) is 0 Å². The van der Waals surface area contributed by atoms with Gasteiger partial charge >= 0.3 is 11.8 Å². The van der Waals surface area contributed by atoms with E-state index in [9.17, 15) is 9.59 Å². The van der Waals surface area contributed by atoms with Crippen LogP contribution in [0.3, 0.4) is 0 Å². The second-order valence-corrected chi connectivity index (χ2v) is 3.35. The first-order valence-corrected chi connectivity index (χ1v) is 4.33. The first kappa shape index (κ1) is 8.74. The summed E-state index contributed by atoms with van der Waals surface area (Å²) >= 11 is 0. The first-order chi connectivity index (χ1) is 6.66. The van der Waals surface area contributed by atoms with E-state index in [0.717, 1.165) is 11.1 Å². The Hall–Kier alpha value is -1.84. The molecule has 0 radical (unpaired) electrons. The van der Waals surface area contributed by atoms with Crippen LogP contribution in [0, 0.1) is 0 Å². The van der Waals surface area contributed by atoms with Crippen molar-refractivity contribution in [3.63, 3.8) is 0 Å². The second kappa shape index (κ2) is 3.14. The average molecular weight is 190 g/mol. The van der Waals surface area contributed by atoms with Gasteiger partial charge in [-0.3, -0.25) is 9.59 Å². The highest BCUT2D eigenvalue weighted by atomic mass is 16.2. The van der Waals surface area contributed by atoms with Crippen molar-refractivity contribution in [2.75, 3.05) is 0 Å². The van der Waals surface area contributed by atoms with Crippen LogP contribution in [-0.2, 0) is 22.7 Å². The number of nitrogens with zero attached hydrogens (tertiary/aromatic N) is 1. The van der Waals surface area contributed by atoms with Crippen molar-refractivity contribution < 1.29 is 9.59 Å². The number of hydrogen-bond donors (Lipinski definition) is 1. The fourth-order valence-electron chi connectivity index (χ4n) is 1.62. The van der Waals surface area contributed by atoms with Gasteiger partial charge in [0.05, 0.1) is 0 Å². The fourth-order valence-corrected chi connectivity index (χ4v) is 1.62. The summed E-state index contributed by atoms with van der Waals surface area (Å²) in [6, 6.07) is 7.80. The Morgan fingerprint density at radius 1 is 1.21 bits per heavy atom. The highest BCUT2D eigenvalue weighted by Gasteiger charge is 2.22. The van der Waals surface area contributed by atoms with E-state index < -0.39 is 11.8 Å². The molecule has 0 saturated heterocycles. The lowest BCUT2D eigenvalue weighted by Gasteiger charge is -2.25. The number of fused-ring (bicyclic) bond motifs is 2. The van der Waals surface area contributed by atoms with E-state index in [1.807, 2.05) is 24.3 Å². The minimum absolute atomic E-state index is 0.468. The van der Waals surface area contributed by atoms with Gasteiger partial charge in [-0.05, 0) is 11.1 Å². The summed E-state index contributed by atoms with van der Waals surface area (Å²) in [5.74, 6) is -1.51. The molecule has 0 saturated carbocycles. The predicted molar refractivity (Wildman–Crippen MR) is 49.9 cm³/mol. The van der Waals surface area contributed by atoms with E-state index in [2.05, 4.69) is 0 Å². The molecule has 14 heavy (non-hydrogen) atoms. The zero-order chi connectivity index (χ0) is 10.1. The molecule has 1 aliphatic heterocycles. The molecule has 2 rings (SSSR count). The summed E-state index contributed by atoms with van der Waals surface area (Å²) in [4.78, 5) is 23.4. The molecule has 0 fully saturated rings. The number of carbonyl (C=O) groups excluding carboxylic acids is 2. The van der Waals surface area contributed by atoms with Crippen molar-refractivity contribution in [1.82, 2.24) is 4.90 Å². The summed E-state index contributed by atoms with van der Waals surface area (Å²) in [5.41, 5.74) is 6.99. The lowest BCUT2D eigenvalue weighted by Crippen LogP contribution is -2.40. The van der Waals surface area contributed by atoms with Gasteiger partial charge < -0.3 is 10.6 Å². The average Bonchev–Trinajstić information content (AvgIpc) is 2.15. The molecule has 0 unspecified atom stereocenters. The van der Waals surface area contributed by atoms with E-state index in [1.54, 1.807) is 0 Å². The molecule has 0 atom stereocenters. The van der Waals surface area contributed by atoms with Crippen LogP contribution in [0.15, 0.2) is 24.3 Å². The molecular formula is C10H10N2O2. The number of carbonyl (C=O) groups is 2. The van der Waals surface area contributed by atoms with Crippen LogP contribution in [0.4, 0.5) is 0 Å². The highest BCUT2D eigenvalue weighted by Crippen LogP contribution is 2.17. The largest absolute Gasteiger partial charge is 0.361 e. The van der Waals surface area contributed by atoms with Crippen LogP contribution in [0.5, 0.6) is 0 Å². The van der Waals surface area contributed by atoms with E-state index in [1.165, 1.54) is 4.90 Å². The summed E-state index contributed by atoms with van der Waals surface area (Å²) in [5, 5.41) is 0. The normalized spacial score (nSPS) is 13.9. The van der Waals surface area contributed by atoms with E-state index >= 15 is 0 Å². The number of primary amides is 1. The lowest BCUT2D eigenvalue weighted by molar-refractivity contribution is -0.145. The first-order valence-electron chi connectivity index (χ1n) is 4.33. The minimum Gasteiger partial charge on any atom is -0.361 e. The monoisotopic (exact) mass is 190 g/mol. The fraction of sp³-hybridized carbons (Fsp3) is 0.200. The van der Waals surface area contributed by atoms with Gasteiger partial charge in [0.2, 0.25) is 0 Å². The Morgan fingerprint density at radius 2 is 1.79 bits per heavy atom. The standard InChI is InChI=1S/C10H10N2O2/c11-9(13)10(14)12-5-7-2-1-3-8(4-7)6-12/h1-4H,5-6H2,(H2,11,13). The second-order valence-electron chi connectivity index (χ2n) is 3.35.